The van der Waals surface area contributed by atoms with E-state index in [4.69, 9.17) is 5.73 Å². The normalized spacial score (nSPS) is 10.2. The van der Waals surface area contributed by atoms with Gasteiger partial charge in [-0.15, -0.1) is 0 Å². The van der Waals surface area contributed by atoms with Gasteiger partial charge in [-0.25, -0.2) is 0 Å². The fraction of sp³-hybridized carbons (Fsp3) is 0.167. The molecule has 0 bridgehead atoms. The first-order valence-electron chi connectivity index (χ1n) is 5.38. The van der Waals surface area contributed by atoms with Crippen LogP contribution >= 0.6 is 0 Å². The largest absolute Gasteiger partial charge is 0.397 e. The van der Waals surface area contributed by atoms with Crippen LogP contribution in [0.1, 0.15) is 17.4 Å². The van der Waals surface area contributed by atoms with Gasteiger partial charge in [-0.05, 0) is 25.1 Å². The lowest BCUT2D eigenvalue weighted by atomic mass is 10.3. The second kappa shape index (κ2) is 4.69. The number of hydrogen-bond acceptors (Lipinski definition) is 3. The number of rotatable bonds is 3. The number of aromatic nitrogens is 2. The highest BCUT2D eigenvalue weighted by Crippen LogP contribution is 2.16. The second-order valence-electron chi connectivity index (χ2n) is 3.60. The molecule has 0 saturated carbocycles. The summed E-state index contributed by atoms with van der Waals surface area (Å²) in [6, 6.07) is 5.23. The fourth-order valence-electron chi connectivity index (χ4n) is 1.65. The molecule has 5 heteroatoms. The average molecular weight is 230 g/mol. The zero-order valence-electron chi connectivity index (χ0n) is 9.55. The lowest BCUT2D eigenvalue weighted by Crippen LogP contribution is -2.30. The van der Waals surface area contributed by atoms with E-state index < -0.39 is 0 Å². The summed E-state index contributed by atoms with van der Waals surface area (Å²) in [6.45, 7) is 2.51. The molecule has 17 heavy (non-hydrogen) atoms. The van der Waals surface area contributed by atoms with Gasteiger partial charge in [0.2, 0.25) is 0 Å². The number of anilines is 2. The smallest absolute Gasteiger partial charge is 0.274 e. The molecule has 0 atom stereocenters. The SMILES string of the molecule is CCN(C(=O)c1cc(N)c[nH]1)c1ccncc1. The average Bonchev–Trinajstić information content (AvgIpc) is 2.78. The summed E-state index contributed by atoms with van der Waals surface area (Å²) < 4.78 is 0. The van der Waals surface area contributed by atoms with Gasteiger partial charge in [-0.3, -0.25) is 9.78 Å². The number of carbonyl (C=O) groups is 1. The van der Waals surface area contributed by atoms with Crippen LogP contribution in [-0.2, 0) is 0 Å². The first-order chi connectivity index (χ1) is 8.22. The molecule has 0 aliphatic rings. The van der Waals surface area contributed by atoms with Gasteiger partial charge in [0.25, 0.3) is 5.91 Å². The summed E-state index contributed by atoms with van der Waals surface area (Å²) in [5.41, 5.74) is 7.45. The third kappa shape index (κ3) is 2.28. The van der Waals surface area contributed by atoms with Crippen molar-refractivity contribution < 1.29 is 4.79 Å². The Kier molecular flexibility index (Phi) is 3.09. The zero-order chi connectivity index (χ0) is 12.3. The number of pyridine rings is 1. The lowest BCUT2D eigenvalue weighted by molar-refractivity contribution is 0.0984. The second-order valence-corrected chi connectivity index (χ2v) is 3.60. The molecule has 2 rings (SSSR count). The molecule has 0 aromatic carbocycles. The minimum absolute atomic E-state index is 0.101. The Balaban J connectivity index is 2.28. The molecule has 2 heterocycles. The highest BCUT2D eigenvalue weighted by atomic mass is 16.2. The number of H-pyrrole nitrogens is 1. The Morgan fingerprint density at radius 1 is 1.47 bits per heavy atom. The number of nitrogens with zero attached hydrogens (tertiary/aromatic N) is 2. The van der Waals surface area contributed by atoms with E-state index in [1.807, 2.05) is 6.92 Å². The summed E-state index contributed by atoms with van der Waals surface area (Å²) in [7, 11) is 0. The van der Waals surface area contributed by atoms with Crippen LogP contribution in [0.2, 0.25) is 0 Å². The van der Waals surface area contributed by atoms with E-state index in [-0.39, 0.29) is 5.91 Å². The molecule has 5 nitrogen and oxygen atoms in total. The molecular formula is C12H14N4O. The number of nitrogens with two attached hydrogens (primary N) is 1. The van der Waals surface area contributed by atoms with Crippen molar-refractivity contribution in [2.75, 3.05) is 17.2 Å². The van der Waals surface area contributed by atoms with E-state index >= 15 is 0 Å². The minimum Gasteiger partial charge on any atom is -0.397 e. The van der Waals surface area contributed by atoms with Crippen LogP contribution in [0.4, 0.5) is 11.4 Å². The molecule has 0 aliphatic heterocycles. The van der Waals surface area contributed by atoms with E-state index in [1.165, 1.54) is 0 Å². The van der Waals surface area contributed by atoms with Crippen molar-refractivity contribution in [3.05, 3.63) is 42.5 Å². The van der Waals surface area contributed by atoms with Crippen LogP contribution in [0.5, 0.6) is 0 Å². The van der Waals surface area contributed by atoms with Gasteiger partial charge in [-0.2, -0.15) is 0 Å². The van der Waals surface area contributed by atoms with Crippen molar-refractivity contribution in [3.8, 4) is 0 Å². The van der Waals surface area contributed by atoms with Crippen molar-refractivity contribution in [3.63, 3.8) is 0 Å². The van der Waals surface area contributed by atoms with Gasteiger partial charge in [0.05, 0.1) is 0 Å². The van der Waals surface area contributed by atoms with Gasteiger partial charge in [0.1, 0.15) is 5.69 Å². The van der Waals surface area contributed by atoms with E-state index in [0.717, 1.165) is 5.69 Å². The Bertz CT molecular complexity index is 506. The zero-order valence-corrected chi connectivity index (χ0v) is 9.55. The molecular weight excluding hydrogens is 216 g/mol. The number of aromatic amines is 1. The first kappa shape index (κ1) is 11.2. The van der Waals surface area contributed by atoms with Crippen LogP contribution < -0.4 is 10.6 Å². The topological polar surface area (TPSA) is 75.0 Å². The molecule has 0 radical (unpaired) electrons. The van der Waals surface area contributed by atoms with Crippen molar-refractivity contribution in [2.45, 2.75) is 6.92 Å². The van der Waals surface area contributed by atoms with Crippen molar-refractivity contribution in [1.29, 1.82) is 0 Å². The van der Waals surface area contributed by atoms with E-state index in [0.29, 0.717) is 17.9 Å². The molecule has 2 aromatic rings. The van der Waals surface area contributed by atoms with Gasteiger partial charge in [-0.1, -0.05) is 0 Å². The summed E-state index contributed by atoms with van der Waals surface area (Å²) in [5, 5.41) is 0. The maximum atomic E-state index is 12.2. The number of amides is 1. The monoisotopic (exact) mass is 230 g/mol. The van der Waals surface area contributed by atoms with Crippen LogP contribution in [0.15, 0.2) is 36.8 Å². The van der Waals surface area contributed by atoms with Crippen LogP contribution in [0.3, 0.4) is 0 Å². The van der Waals surface area contributed by atoms with Crippen molar-refractivity contribution in [2.24, 2.45) is 0 Å². The number of hydrogen-bond donors (Lipinski definition) is 2. The quantitative estimate of drug-likeness (QED) is 0.842. The Hall–Kier alpha value is -2.30. The number of carbonyl (C=O) groups excluding carboxylic acids is 1. The van der Waals surface area contributed by atoms with Gasteiger partial charge in [0.15, 0.2) is 0 Å². The summed E-state index contributed by atoms with van der Waals surface area (Å²) in [6.07, 6.45) is 4.93. The molecule has 88 valence electrons. The third-order valence-electron chi connectivity index (χ3n) is 2.47. The summed E-state index contributed by atoms with van der Waals surface area (Å²) in [4.78, 5) is 20.7. The molecule has 0 aliphatic carbocycles. The van der Waals surface area contributed by atoms with Crippen molar-refractivity contribution >= 4 is 17.3 Å². The van der Waals surface area contributed by atoms with Gasteiger partial charge < -0.3 is 15.6 Å². The summed E-state index contributed by atoms with van der Waals surface area (Å²) >= 11 is 0. The standard InChI is InChI=1S/C12H14N4O/c1-2-16(10-3-5-14-6-4-10)12(17)11-7-9(13)8-15-11/h3-8,15H,2,13H2,1H3. The first-order valence-corrected chi connectivity index (χ1v) is 5.38. The summed E-state index contributed by atoms with van der Waals surface area (Å²) in [5.74, 6) is -0.101. The molecule has 2 aromatic heterocycles. The Labute approximate surface area is 99.3 Å². The van der Waals surface area contributed by atoms with E-state index in [9.17, 15) is 4.79 Å². The lowest BCUT2D eigenvalue weighted by Gasteiger charge is -2.19. The molecule has 3 N–H and O–H groups in total. The fourth-order valence-corrected chi connectivity index (χ4v) is 1.65. The maximum absolute atomic E-state index is 12.2. The van der Waals surface area contributed by atoms with Gasteiger partial charge in [0, 0.05) is 36.5 Å². The highest BCUT2D eigenvalue weighted by Gasteiger charge is 2.17. The van der Waals surface area contributed by atoms with E-state index in [2.05, 4.69) is 9.97 Å². The molecule has 0 unspecified atom stereocenters. The van der Waals surface area contributed by atoms with E-state index in [1.54, 1.807) is 41.7 Å². The predicted molar refractivity (Wildman–Crippen MR) is 66.8 cm³/mol. The molecule has 0 spiro atoms. The maximum Gasteiger partial charge on any atom is 0.274 e. The van der Waals surface area contributed by atoms with Crippen LogP contribution in [-0.4, -0.2) is 22.4 Å². The number of nitrogens with one attached hydrogen (secondary N) is 1. The van der Waals surface area contributed by atoms with Crippen molar-refractivity contribution in [1.82, 2.24) is 9.97 Å². The highest BCUT2D eigenvalue weighted by molar-refractivity contribution is 6.05. The Morgan fingerprint density at radius 3 is 2.71 bits per heavy atom. The predicted octanol–water partition coefficient (Wildman–Crippen LogP) is 1.66. The van der Waals surface area contributed by atoms with Crippen LogP contribution in [0.25, 0.3) is 0 Å². The van der Waals surface area contributed by atoms with Crippen LogP contribution in [0, 0.1) is 0 Å². The molecule has 1 amide bonds. The number of nitrogen functional groups attached to an aromatic ring is 1. The minimum atomic E-state index is -0.101. The molecule has 0 fully saturated rings. The molecule has 0 saturated heterocycles. The third-order valence-corrected chi connectivity index (χ3v) is 2.47. The van der Waals surface area contributed by atoms with Gasteiger partial charge >= 0.3 is 0 Å². The Morgan fingerprint density at radius 2 is 2.18 bits per heavy atom.